The van der Waals surface area contributed by atoms with Crippen LogP contribution in [0.2, 0.25) is 0 Å². The van der Waals surface area contributed by atoms with Crippen LogP contribution in [0.3, 0.4) is 0 Å². The molecule has 0 unspecified atom stereocenters. The summed E-state index contributed by atoms with van der Waals surface area (Å²) in [6.07, 6.45) is 3.97. The average molecular weight is 510 g/mol. The molecular formula is C30H27N3O5. The number of hydrogen-bond acceptors (Lipinski definition) is 7. The van der Waals surface area contributed by atoms with Crippen LogP contribution in [0.1, 0.15) is 18.1 Å². The Morgan fingerprint density at radius 1 is 1.03 bits per heavy atom. The number of aromatic nitrogens is 2. The molecule has 0 aliphatic heterocycles. The fourth-order valence-electron chi connectivity index (χ4n) is 4.36. The van der Waals surface area contributed by atoms with Gasteiger partial charge in [0.05, 0.1) is 43.3 Å². The number of hydrogen-bond donors (Lipinski definition) is 0. The summed E-state index contributed by atoms with van der Waals surface area (Å²) in [7, 11) is 3.18. The molecule has 38 heavy (non-hydrogen) atoms. The average Bonchev–Trinajstić information content (AvgIpc) is 3.38. The highest BCUT2D eigenvalue weighted by Gasteiger charge is 2.18. The summed E-state index contributed by atoms with van der Waals surface area (Å²) in [5, 5.41) is 5.79. The third kappa shape index (κ3) is 4.52. The molecule has 0 spiro atoms. The molecule has 0 saturated carbocycles. The lowest BCUT2D eigenvalue weighted by atomic mass is 10.1. The second-order valence-electron chi connectivity index (χ2n) is 8.43. The largest absolute Gasteiger partial charge is 0.496 e. The number of para-hydroxylation sites is 1. The molecule has 3 aromatic carbocycles. The molecule has 0 fully saturated rings. The minimum atomic E-state index is -0.321. The van der Waals surface area contributed by atoms with Gasteiger partial charge in [-0.05, 0) is 61.4 Å². The molecular weight excluding hydrogens is 482 g/mol. The molecule has 8 nitrogen and oxygen atoms in total. The summed E-state index contributed by atoms with van der Waals surface area (Å²) in [6, 6.07) is 18.2. The zero-order valence-electron chi connectivity index (χ0n) is 21.4. The van der Waals surface area contributed by atoms with Crippen LogP contribution in [-0.4, -0.2) is 36.7 Å². The second-order valence-corrected chi connectivity index (χ2v) is 8.43. The molecule has 0 bridgehead atoms. The van der Waals surface area contributed by atoms with Crippen LogP contribution in [0.25, 0.3) is 33.5 Å². The first kappa shape index (κ1) is 24.8. The minimum Gasteiger partial charge on any atom is -0.496 e. The molecule has 0 N–H and O–H groups in total. The molecule has 0 radical (unpaired) electrons. The van der Waals surface area contributed by atoms with E-state index in [1.807, 2.05) is 43.3 Å². The Labute approximate surface area is 219 Å². The van der Waals surface area contributed by atoms with Crippen molar-refractivity contribution in [3.63, 3.8) is 0 Å². The maximum absolute atomic E-state index is 13.6. The van der Waals surface area contributed by atoms with Gasteiger partial charge in [-0.25, -0.2) is 4.98 Å². The Balaban J connectivity index is 1.69. The first-order chi connectivity index (χ1) is 18.6. The number of nitrogens with zero attached hydrogens (tertiary/aromatic N) is 3. The highest BCUT2D eigenvalue weighted by molar-refractivity contribution is 5.89. The Hall–Kier alpha value is -4.85. The van der Waals surface area contributed by atoms with E-state index < -0.39 is 0 Å². The summed E-state index contributed by atoms with van der Waals surface area (Å²) >= 11 is 0. The third-order valence-corrected chi connectivity index (χ3v) is 6.06. The predicted octanol–water partition coefficient (Wildman–Crippen LogP) is 5.84. The van der Waals surface area contributed by atoms with Gasteiger partial charge in [0.25, 0.3) is 5.56 Å². The van der Waals surface area contributed by atoms with Crippen molar-refractivity contribution < 1.29 is 18.6 Å². The van der Waals surface area contributed by atoms with Crippen LogP contribution < -0.4 is 19.8 Å². The van der Waals surface area contributed by atoms with Crippen molar-refractivity contribution in [2.75, 3.05) is 20.8 Å². The van der Waals surface area contributed by atoms with Crippen LogP contribution in [0.4, 0.5) is 0 Å². The standard InChI is InChI=1S/C30H27N3O5/c1-5-10-20-15-19(16-26(36-4)28(20)37-6-2)18-31-33-29(32-23-12-8-7-11-21(23)30(33)34)27-17-22-24(35-3)13-9-14-25(22)38-27/h5,7-9,11-18H,1,6,10H2,2-4H3. The van der Waals surface area contributed by atoms with Crippen molar-refractivity contribution in [3.05, 3.63) is 94.8 Å². The first-order valence-corrected chi connectivity index (χ1v) is 12.2. The predicted molar refractivity (Wildman–Crippen MR) is 149 cm³/mol. The van der Waals surface area contributed by atoms with E-state index in [2.05, 4.69) is 11.7 Å². The van der Waals surface area contributed by atoms with Gasteiger partial charge < -0.3 is 18.6 Å². The number of ether oxygens (including phenoxy) is 3. The lowest BCUT2D eigenvalue weighted by Gasteiger charge is -2.14. The SMILES string of the molecule is C=CCc1cc(C=Nn2c(-c3cc4c(OC)cccc4o3)nc3ccccc3c2=O)cc(OC)c1OCC. The van der Waals surface area contributed by atoms with Gasteiger partial charge in [0.15, 0.2) is 17.3 Å². The van der Waals surface area contributed by atoms with Crippen LogP contribution in [0, 0.1) is 0 Å². The maximum atomic E-state index is 13.6. The van der Waals surface area contributed by atoms with Gasteiger partial charge in [-0.2, -0.15) is 9.78 Å². The van der Waals surface area contributed by atoms with Crippen molar-refractivity contribution in [2.45, 2.75) is 13.3 Å². The summed E-state index contributed by atoms with van der Waals surface area (Å²) in [4.78, 5) is 18.3. The van der Waals surface area contributed by atoms with Crippen molar-refractivity contribution in [3.8, 4) is 28.8 Å². The van der Waals surface area contributed by atoms with Gasteiger partial charge in [-0.1, -0.05) is 24.3 Å². The van der Waals surface area contributed by atoms with E-state index in [1.54, 1.807) is 50.8 Å². The highest BCUT2D eigenvalue weighted by atomic mass is 16.5. The molecule has 0 aliphatic carbocycles. The smallest absolute Gasteiger partial charge is 0.282 e. The van der Waals surface area contributed by atoms with E-state index in [-0.39, 0.29) is 11.4 Å². The van der Waals surface area contributed by atoms with Crippen LogP contribution in [0.15, 0.2) is 87.6 Å². The van der Waals surface area contributed by atoms with E-state index in [9.17, 15) is 4.79 Å². The summed E-state index contributed by atoms with van der Waals surface area (Å²) in [5.41, 5.74) is 2.46. The zero-order chi connectivity index (χ0) is 26.6. The fraction of sp³-hybridized carbons (Fsp3) is 0.167. The van der Waals surface area contributed by atoms with Gasteiger partial charge in [-0.15, -0.1) is 6.58 Å². The number of fused-ring (bicyclic) bond motifs is 2. The van der Waals surface area contributed by atoms with Crippen molar-refractivity contribution in [2.24, 2.45) is 5.10 Å². The van der Waals surface area contributed by atoms with Crippen LogP contribution >= 0.6 is 0 Å². The first-order valence-electron chi connectivity index (χ1n) is 12.2. The molecule has 192 valence electrons. The monoisotopic (exact) mass is 509 g/mol. The van der Waals surface area contributed by atoms with E-state index in [0.29, 0.717) is 52.5 Å². The Morgan fingerprint density at radius 3 is 2.61 bits per heavy atom. The number of allylic oxidation sites excluding steroid dienone is 1. The maximum Gasteiger partial charge on any atom is 0.282 e. The van der Waals surface area contributed by atoms with Gasteiger partial charge >= 0.3 is 0 Å². The normalized spacial score (nSPS) is 11.3. The molecule has 0 aliphatic rings. The van der Waals surface area contributed by atoms with Gasteiger partial charge in [0.2, 0.25) is 5.82 Å². The van der Waals surface area contributed by atoms with Crippen LogP contribution in [-0.2, 0) is 6.42 Å². The molecule has 0 saturated heterocycles. The molecule has 5 rings (SSSR count). The Morgan fingerprint density at radius 2 is 1.84 bits per heavy atom. The topological polar surface area (TPSA) is 88.1 Å². The molecule has 8 heteroatoms. The number of furan rings is 1. The van der Waals surface area contributed by atoms with E-state index >= 15 is 0 Å². The fourth-order valence-corrected chi connectivity index (χ4v) is 4.36. The molecule has 5 aromatic rings. The zero-order valence-corrected chi connectivity index (χ0v) is 21.4. The number of methoxy groups -OCH3 is 2. The highest BCUT2D eigenvalue weighted by Crippen LogP contribution is 2.34. The number of benzene rings is 3. The third-order valence-electron chi connectivity index (χ3n) is 6.06. The van der Waals surface area contributed by atoms with Gasteiger partial charge in [0.1, 0.15) is 11.3 Å². The Bertz CT molecular complexity index is 1730. The summed E-state index contributed by atoms with van der Waals surface area (Å²) < 4.78 is 24.2. The molecule has 0 atom stereocenters. The van der Waals surface area contributed by atoms with Crippen molar-refractivity contribution in [1.29, 1.82) is 0 Å². The lowest BCUT2D eigenvalue weighted by molar-refractivity contribution is 0.308. The molecule has 2 heterocycles. The number of rotatable bonds is 9. The van der Waals surface area contributed by atoms with Crippen molar-refractivity contribution in [1.82, 2.24) is 9.66 Å². The van der Waals surface area contributed by atoms with E-state index in [0.717, 1.165) is 16.5 Å². The Kier molecular flexibility index (Phi) is 6.95. The molecule has 2 aromatic heterocycles. The minimum absolute atomic E-state index is 0.271. The quantitative estimate of drug-likeness (QED) is 0.183. The molecule has 0 amide bonds. The van der Waals surface area contributed by atoms with Gasteiger partial charge in [-0.3, -0.25) is 4.79 Å². The van der Waals surface area contributed by atoms with Crippen LogP contribution in [0.5, 0.6) is 17.2 Å². The lowest BCUT2D eigenvalue weighted by Crippen LogP contribution is -2.20. The van der Waals surface area contributed by atoms with Gasteiger partial charge in [0, 0.05) is 5.56 Å². The second kappa shape index (κ2) is 10.6. The van der Waals surface area contributed by atoms with Crippen molar-refractivity contribution >= 4 is 28.1 Å². The summed E-state index contributed by atoms with van der Waals surface area (Å²) in [6.45, 7) is 6.26. The summed E-state index contributed by atoms with van der Waals surface area (Å²) in [5.74, 6) is 2.55. The van der Waals surface area contributed by atoms with E-state index in [4.69, 9.17) is 23.6 Å². The van der Waals surface area contributed by atoms with E-state index in [1.165, 1.54) is 4.68 Å².